The number of nitrogens with zero attached hydrogens (tertiary/aromatic N) is 4. The summed E-state index contributed by atoms with van der Waals surface area (Å²) in [5, 5.41) is 5.96. The predicted molar refractivity (Wildman–Crippen MR) is 147 cm³/mol. The van der Waals surface area contributed by atoms with Crippen molar-refractivity contribution in [2.45, 2.75) is 89.4 Å². The number of aromatic nitrogens is 4. The number of imidazole rings is 1. The Labute approximate surface area is 245 Å². The molecular weight excluding hydrogens is 571 g/mol. The molecule has 2 N–H and O–H groups in total. The molecule has 2 fully saturated rings. The second-order valence-corrected chi connectivity index (χ2v) is 12.2. The van der Waals surface area contributed by atoms with Crippen LogP contribution in [0.15, 0.2) is 36.8 Å². The molecule has 2 aliphatic carbocycles. The van der Waals surface area contributed by atoms with E-state index in [0.29, 0.717) is 23.6 Å². The van der Waals surface area contributed by atoms with E-state index >= 15 is 0 Å². The first-order valence-electron chi connectivity index (χ1n) is 14.6. The van der Waals surface area contributed by atoms with Gasteiger partial charge in [-0.1, -0.05) is 13.8 Å². The topological polar surface area (TPSA) is 101 Å². The maximum absolute atomic E-state index is 14.0. The molecule has 0 unspecified atom stereocenters. The smallest absolute Gasteiger partial charge is 0.347 e. The second kappa shape index (κ2) is 12.2. The van der Waals surface area contributed by atoms with Gasteiger partial charge in [0.1, 0.15) is 0 Å². The molecule has 0 spiro atoms. The zero-order valence-electron chi connectivity index (χ0n) is 24.0. The molecule has 0 bridgehead atoms. The molecule has 0 saturated heterocycles. The van der Waals surface area contributed by atoms with E-state index in [2.05, 4.69) is 20.6 Å². The van der Waals surface area contributed by atoms with Crippen molar-refractivity contribution in [1.82, 2.24) is 30.0 Å². The minimum absolute atomic E-state index is 0.0195. The number of hydrogen-bond acceptors (Lipinski definition) is 5. The van der Waals surface area contributed by atoms with E-state index in [1.165, 1.54) is 6.07 Å². The summed E-state index contributed by atoms with van der Waals surface area (Å²) in [6, 6.07) is 3.16. The van der Waals surface area contributed by atoms with E-state index in [4.69, 9.17) is 4.98 Å². The number of carbonyl (C=O) groups is 2. The summed E-state index contributed by atoms with van der Waals surface area (Å²) in [5.74, 6) is -3.06. The fourth-order valence-corrected chi connectivity index (χ4v) is 5.67. The van der Waals surface area contributed by atoms with E-state index in [-0.39, 0.29) is 66.6 Å². The largest absolute Gasteiger partial charge is 0.394 e. The lowest BCUT2D eigenvalue weighted by atomic mass is 9.81. The predicted octanol–water partition coefficient (Wildman–Crippen LogP) is 6.14. The van der Waals surface area contributed by atoms with Gasteiger partial charge in [-0.3, -0.25) is 19.0 Å². The van der Waals surface area contributed by atoms with Gasteiger partial charge in [0.25, 0.3) is 5.91 Å². The number of carbonyl (C=O) groups excluding carboxylic acids is 2. The van der Waals surface area contributed by atoms with E-state index in [1.54, 1.807) is 16.8 Å². The third-order valence-corrected chi connectivity index (χ3v) is 7.99. The summed E-state index contributed by atoms with van der Waals surface area (Å²) in [6.07, 6.45) is 0.720. The van der Waals surface area contributed by atoms with Crippen LogP contribution in [-0.4, -0.2) is 43.3 Å². The van der Waals surface area contributed by atoms with Crippen LogP contribution in [0.3, 0.4) is 0 Å². The van der Waals surface area contributed by atoms with Crippen LogP contribution in [0.2, 0.25) is 0 Å². The number of pyridine rings is 1. The summed E-state index contributed by atoms with van der Waals surface area (Å²) in [5.41, 5.74) is 0.749. The molecule has 3 aromatic heterocycles. The van der Waals surface area contributed by atoms with Gasteiger partial charge in [-0.05, 0) is 61.6 Å². The third-order valence-electron chi connectivity index (χ3n) is 7.99. The summed E-state index contributed by atoms with van der Waals surface area (Å²) in [4.78, 5) is 38.9. The van der Waals surface area contributed by atoms with E-state index in [1.807, 2.05) is 19.9 Å². The van der Waals surface area contributed by atoms with Crippen molar-refractivity contribution in [2.75, 3.05) is 0 Å². The van der Waals surface area contributed by atoms with Gasteiger partial charge < -0.3 is 10.6 Å². The van der Waals surface area contributed by atoms with Gasteiger partial charge in [-0.15, -0.1) is 0 Å². The second-order valence-electron chi connectivity index (χ2n) is 12.2. The molecule has 2 saturated carbocycles. The average Bonchev–Trinajstić information content (AvgIpc) is 3.67. The van der Waals surface area contributed by atoms with Gasteiger partial charge in [-0.25, -0.2) is 18.7 Å². The van der Waals surface area contributed by atoms with Crippen molar-refractivity contribution in [3.63, 3.8) is 0 Å². The van der Waals surface area contributed by atoms with Crippen molar-refractivity contribution in [2.24, 2.45) is 17.8 Å². The molecule has 0 aromatic carbocycles. The van der Waals surface area contributed by atoms with E-state index in [9.17, 15) is 31.5 Å². The number of amides is 2. The zero-order valence-corrected chi connectivity index (χ0v) is 24.0. The van der Waals surface area contributed by atoms with E-state index < -0.39 is 30.5 Å². The molecule has 13 heteroatoms. The Morgan fingerprint density at radius 1 is 1.00 bits per heavy atom. The van der Waals surface area contributed by atoms with Crippen LogP contribution in [0.5, 0.6) is 0 Å². The van der Waals surface area contributed by atoms with Gasteiger partial charge in [-0.2, -0.15) is 13.2 Å². The Kier molecular flexibility index (Phi) is 8.71. The lowest BCUT2D eigenvalue weighted by Crippen LogP contribution is -2.37. The molecule has 0 radical (unpaired) electrons. The fourth-order valence-electron chi connectivity index (χ4n) is 5.67. The molecule has 2 aliphatic rings. The zero-order chi connectivity index (χ0) is 30.9. The standard InChI is InChI=1S/C30H35F5N6O2/c1-17(2)13-24(42)39-25(18-3-4-18)22-8-12-41-16-23(38-28(41)37-22)26(19-5-9-29(31,32)10-6-19)40-27(43)20-7-11-36-21(14-20)15-30(33,34)35/h7-8,11-12,14,16-19,25-26H,3-6,9-10,13,15H2,1-2H3,(H,39,42)(H,40,43)/t25-,26-/m0/s1. The maximum Gasteiger partial charge on any atom is 0.394 e. The number of fused-ring (bicyclic) bond motifs is 1. The highest BCUT2D eigenvalue weighted by Gasteiger charge is 2.40. The van der Waals surface area contributed by atoms with Gasteiger partial charge in [0, 0.05) is 43.4 Å². The van der Waals surface area contributed by atoms with Gasteiger partial charge in [0.15, 0.2) is 0 Å². The van der Waals surface area contributed by atoms with Crippen molar-refractivity contribution in [3.05, 3.63) is 59.4 Å². The van der Waals surface area contributed by atoms with Crippen molar-refractivity contribution in [3.8, 4) is 0 Å². The molecule has 5 rings (SSSR count). The Morgan fingerprint density at radius 2 is 1.65 bits per heavy atom. The van der Waals surface area contributed by atoms with Gasteiger partial charge in [0.05, 0.1) is 35.6 Å². The number of halogens is 5. The molecule has 0 aliphatic heterocycles. The van der Waals surface area contributed by atoms with Crippen LogP contribution in [0.1, 0.15) is 98.3 Å². The van der Waals surface area contributed by atoms with Crippen LogP contribution < -0.4 is 10.6 Å². The van der Waals surface area contributed by atoms with Crippen LogP contribution in [0.4, 0.5) is 22.0 Å². The highest BCUT2D eigenvalue weighted by atomic mass is 19.4. The molecule has 8 nitrogen and oxygen atoms in total. The third kappa shape index (κ3) is 8.05. The molecule has 232 valence electrons. The first-order chi connectivity index (χ1) is 20.3. The Balaban J connectivity index is 1.42. The Hall–Kier alpha value is -3.64. The summed E-state index contributed by atoms with van der Waals surface area (Å²) in [6.45, 7) is 3.95. The number of rotatable bonds is 10. The Morgan fingerprint density at radius 3 is 2.30 bits per heavy atom. The highest BCUT2D eigenvalue weighted by molar-refractivity contribution is 5.94. The Bertz CT molecular complexity index is 1460. The summed E-state index contributed by atoms with van der Waals surface area (Å²) < 4.78 is 68.5. The first-order valence-corrected chi connectivity index (χ1v) is 14.6. The van der Waals surface area contributed by atoms with Crippen LogP contribution in [0, 0.1) is 17.8 Å². The van der Waals surface area contributed by atoms with Crippen molar-refractivity contribution in [1.29, 1.82) is 0 Å². The highest BCUT2D eigenvalue weighted by Crippen LogP contribution is 2.42. The molecule has 2 atom stereocenters. The first kappa shape index (κ1) is 30.8. The fraction of sp³-hybridized carbons (Fsp3) is 0.567. The minimum Gasteiger partial charge on any atom is -0.347 e. The molecular formula is C30H35F5N6O2. The van der Waals surface area contributed by atoms with Crippen LogP contribution >= 0.6 is 0 Å². The SMILES string of the molecule is CC(C)CC(=O)N[C@H](c1ccn2cc([C@@H](NC(=O)c3ccnc(CC(F)(F)F)c3)C3CCC(F)(F)CC3)nc2n1)C1CC1. The van der Waals surface area contributed by atoms with Crippen molar-refractivity contribution >= 4 is 17.6 Å². The number of nitrogens with one attached hydrogen (secondary N) is 2. The molecule has 43 heavy (non-hydrogen) atoms. The lowest BCUT2D eigenvalue weighted by molar-refractivity contribution is -0.128. The monoisotopic (exact) mass is 606 g/mol. The average molecular weight is 607 g/mol. The minimum atomic E-state index is -4.49. The lowest BCUT2D eigenvalue weighted by Gasteiger charge is -2.33. The summed E-state index contributed by atoms with van der Waals surface area (Å²) >= 11 is 0. The number of alkyl halides is 5. The summed E-state index contributed by atoms with van der Waals surface area (Å²) in [7, 11) is 0. The van der Waals surface area contributed by atoms with Gasteiger partial charge in [0.2, 0.25) is 17.6 Å². The van der Waals surface area contributed by atoms with Crippen LogP contribution in [0.25, 0.3) is 5.78 Å². The molecule has 2 amide bonds. The van der Waals surface area contributed by atoms with E-state index in [0.717, 1.165) is 25.1 Å². The number of hydrogen-bond donors (Lipinski definition) is 2. The molecule has 3 heterocycles. The quantitative estimate of drug-likeness (QED) is 0.270. The van der Waals surface area contributed by atoms with Crippen molar-refractivity contribution < 1.29 is 31.5 Å². The van der Waals surface area contributed by atoms with Gasteiger partial charge >= 0.3 is 6.18 Å². The normalized spacial score (nSPS) is 18.9. The molecule has 3 aromatic rings. The maximum atomic E-state index is 14.0. The van der Waals surface area contributed by atoms with Crippen LogP contribution in [-0.2, 0) is 11.2 Å².